The molecule has 5 heteroatoms. The molecule has 1 atom stereocenters. The highest BCUT2D eigenvalue weighted by molar-refractivity contribution is 6.30. The minimum atomic E-state index is -0.431. The molecule has 1 N–H and O–H groups in total. The van der Waals surface area contributed by atoms with Crippen LogP contribution >= 0.6 is 11.6 Å². The monoisotopic (exact) mass is 331 g/mol. The van der Waals surface area contributed by atoms with Gasteiger partial charge in [-0.15, -0.1) is 0 Å². The SMILES string of the molecule is Cc1cnc(C)c(N2CCC(C(O)c3ccc(Cl)cc3)CC2)n1. The van der Waals surface area contributed by atoms with Crippen LogP contribution in [0.15, 0.2) is 30.5 Å². The van der Waals surface area contributed by atoms with Crippen molar-refractivity contribution in [2.75, 3.05) is 18.0 Å². The van der Waals surface area contributed by atoms with Gasteiger partial charge >= 0.3 is 0 Å². The molecule has 0 bridgehead atoms. The van der Waals surface area contributed by atoms with E-state index in [-0.39, 0.29) is 5.92 Å². The lowest BCUT2D eigenvalue weighted by Gasteiger charge is -2.35. The van der Waals surface area contributed by atoms with Gasteiger partial charge in [0.15, 0.2) is 0 Å². The first kappa shape index (κ1) is 16.2. The summed E-state index contributed by atoms with van der Waals surface area (Å²) in [6, 6.07) is 7.49. The molecule has 2 heterocycles. The Kier molecular flexibility index (Phi) is 4.83. The van der Waals surface area contributed by atoms with Gasteiger partial charge < -0.3 is 10.0 Å². The first-order valence-corrected chi connectivity index (χ1v) is 8.41. The fraction of sp³-hybridized carbons (Fsp3) is 0.444. The van der Waals surface area contributed by atoms with Gasteiger partial charge in [-0.05, 0) is 50.3 Å². The van der Waals surface area contributed by atoms with Gasteiger partial charge in [0.05, 0.1) is 17.5 Å². The molecule has 1 aromatic carbocycles. The third-order valence-electron chi connectivity index (χ3n) is 4.55. The third kappa shape index (κ3) is 3.65. The van der Waals surface area contributed by atoms with Gasteiger partial charge in [0, 0.05) is 24.3 Å². The van der Waals surface area contributed by atoms with Crippen molar-refractivity contribution >= 4 is 17.4 Å². The molecule has 4 nitrogen and oxygen atoms in total. The third-order valence-corrected chi connectivity index (χ3v) is 4.80. The van der Waals surface area contributed by atoms with E-state index in [0.717, 1.165) is 48.7 Å². The van der Waals surface area contributed by atoms with Crippen molar-refractivity contribution in [3.63, 3.8) is 0 Å². The molecule has 1 aromatic heterocycles. The van der Waals surface area contributed by atoms with Crippen molar-refractivity contribution in [2.45, 2.75) is 32.8 Å². The van der Waals surface area contributed by atoms with Crippen LogP contribution in [0.1, 0.15) is 35.9 Å². The van der Waals surface area contributed by atoms with Gasteiger partial charge in [-0.1, -0.05) is 23.7 Å². The van der Waals surface area contributed by atoms with E-state index in [1.165, 1.54) is 0 Å². The second-order valence-electron chi connectivity index (χ2n) is 6.24. The molecule has 0 aliphatic carbocycles. The molecule has 0 radical (unpaired) electrons. The number of hydrogen-bond acceptors (Lipinski definition) is 4. The average molecular weight is 332 g/mol. The Morgan fingerprint density at radius 1 is 1.17 bits per heavy atom. The predicted molar refractivity (Wildman–Crippen MR) is 92.9 cm³/mol. The van der Waals surface area contributed by atoms with Gasteiger partial charge in [-0.25, -0.2) is 4.98 Å². The van der Waals surface area contributed by atoms with Gasteiger partial charge in [0.25, 0.3) is 0 Å². The highest BCUT2D eigenvalue weighted by Gasteiger charge is 2.27. The van der Waals surface area contributed by atoms with E-state index in [9.17, 15) is 5.11 Å². The fourth-order valence-corrected chi connectivity index (χ4v) is 3.31. The molecule has 1 aliphatic rings. The molecule has 2 aromatic rings. The van der Waals surface area contributed by atoms with Crippen LogP contribution < -0.4 is 4.90 Å². The van der Waals surface area contributed by atoms with Crippen molar-refractivity contribution in [1.29, 1.82) is 0 Å². The van der Waals surface area contributed by atoms with Crippen LogP contribution in [0.4, 0.5) is 5.82 Å². The molecule has 1 fully saturated rings. The second-order valence-corrected chi connectivity index (χ2v) is 6.68. The van der Waals surface area contributed by atoms with Gasteiger partial charge in [-0.2, -0.15) is 0 Å². The summed E-state index contributed by atoms with van der Waals surface area (Å²) >= 11 is 5.92. The van der Waals surface area contributed by atoms with E-state index in [0.29, 0.717) is 5.02 Å². The van der Waals surface area contributed by atoms with Gasteiger partial charge in [-0.3, -0.25) is 4.98 Å². The van der Waals surface area contributed by atoms with Crippen LogP contribution in [0.5, 0.6) is 0 Å². The Labute approximate surface area is 142 Å². The highest BCUT2D eigenvalue weighted by Crippen LogP contribution is 2.32. The molecular formula is C18H22ClN3O. The number of rotatable bonds is 3. The molecule has 0 spiro atoms. The van der Waals surface area contributed by atoms with Crippen LogP contribution in [0.3, 0.4) is 0 Å². The maximum atomic E-state index is 10.6. The standard InChI is InChI=1S/C18H22ClN3O/c1-12-11-20-13(2)18(21-12)22-9-7-15(8-10-22)17(23)14-3-5-16(19)6-4-14/h3-6,11,15,17,23H,7-10H2,1-2H3. The lowest BCUT2D eigenvalue weighted by atomic mass is 9.87. The number of aromatic nitrogens is 2. The van der Waals surface area contributed by atoms with E-state index in [1.807, 2.05) is 38.1 Å². The Bertz CT molecular complexity index is 666. The number of benzene rings is 1. The zero-order valence-corrected chi connectivity index (χ0v) is 14.3. The summed E-state index contributed by atoms with van der Waals surface area (Å²) < 4.78 is 0. The quantitative estimate of drug-likeness (QED) is 0.931. The minimum absolute atomic E-state index is 0.269. The van der Waals surface area contributed by atoms with Crippen LogP contribution in [0.2, 0.25) is 5.02 Å². The summed E-state index contributed by atoms with van der Waals surface area (Å²) in [6.45, 7) is 5.76. The predicted octanol–water partition coefficient (Wildman–Crippen LogP) is 3.70. The van der Waals surface area contributed by atoms with Gasteiger partial charge in [0.1, 0.15) is 5.82 Å². The van der Waals surface area contributed by atoms with Crippen molar-refractivity contribution in [2.24, 2.45) is 5.92 Å². The highest BCUT2D eigenvalue weighted by atomic mass is 35.5. The summed E-state index contributed by atoms with van der Waals surface area (Å²) in [5.41, 5.74) is 2.85. The summed E-state index contributed by atoms with van der Waals surface area (Å²) in [5.74, 6) is 1.25. The number of anilines is 1. The second kappa shape index (κ2) is 6.85. The van der Waals surface area contributed by atoms with E-state index < -0.39 is 6.10 Å². The van der Waals surface area contributed by atoms with Crippen LogP contribution in [0, 0.1) is 19.8 Å². The molecule has 3 rings (SSSR count). The maximum Gasteiger partial charge on any atom is 0.150 e. The zero-order chi connectivity index (χ0) is 16.4. The van der Waals surface area contributed by atoms with E-state index in [2.05, 4.69) is 14.9 Å². The lowest BCUT2D eigenvalue weighted by Crippen LogP contribution is -2.36. The molecule has 1 unspecified atom stereocenters. The largest absolute Gasteiger partial charge is 0.388 e. The Hall–Kier alpha value is -1.65. The number of hydrogen-bond donors (Lipinski definition) is 1. The molecule has 0 amide bonds. The number of aryl methyl sites for hydroxylation is 2. The number of piperidine rings is 1. The van der Waals surface area contributed by atoms with Crippen molar-refractivity contribution < 1.29 is 5.11 Å². The normalized spacial score (nSPS) is 17.3. The van der Waals surface area contributed by atoms with E-state index >= 15 is 0 Å². The van der Waals surface area contributed by atoms with Crippen LogP contribution in [-0.2, 0) is 0 Å². The molecule has 23 heavy (non-hydrogen) atoms. The Morgan fingerprint density at radius 2 is 1.83 bits per heavy atom. The number of halogens is 1. The average Bonchev–Trinajstić information content (AvgIpc) is 2.57. The molecule has 0 saturated carbocycles. The molecule has 1 aliphatic heterocycles. The van der Waals surface area contributed by atoms with Gasteiger partial charge in [0.2, 0.25) is 0 Å². The molecule has 122 valence electrons. The van der Waals surface area contributed by atoms with E-state index in [1.54, 1.807) is 6.20 Å². The summed E-state index contributed by atoms with van der Waals surface area (Å²) in [5, 5.41) is 11.3. The Balaban J connectivity index is 1.66. The number of nitrogens with zero attached hydrogens (tertiary/aromatic N) is 3. The van der Waals surface area contributed by atoms with Crippen molar-refractivity contribution in [3.8, 4) is 0 Å². The van der Waals surface area contributed by atoms with Crippen molar-refractivity contribution in [1.82, 2.24) is 9.97 Å². The minimum Gasteiger partial charge on any atom is -0.388 e. The van der Waals surface area contributed by atoms with E-state index in [4.69, 9.17) is 11.6 Å². The first-order chi connectivity index (χ1) is 11.0. The zero-order valence-electron chi connectivity index (χ0n) is 13.5. The summed E-state index contributed by atoms with van der Waals surface area (Å²) in [7, 11) is 0. The smallest absolute Gasteiger partial charge is 0.150 e. The number of aliphatic hydroxyl groups excluding tert-OH is 1. The first-order valence-electron chi connectivity index (χ1n) is 8.03. The van der Waals surface area contributed by atoms with Crippen LogP contribution in [-0.4, -0.2) is 28.2 Å². The summed E-state index contributed by atoms with van der Waals surface area (Å²) in [4.78, 5) is 11.3. The molecule has 1 saturated heterocycles. The Morgan fingerprint density at radius 3 is 2.48 bits per heavy atom. The maximum absolute atomic E-state index is 10.6. The lowest BCUT2D eigenvalue weighted by molar-refractivity contribution is 0.0928. The fourth-order valence-electron chi connectivity index (χ4n) is 3.18. The molecular weight excluding hydrogens is 310 g/mol. The number of aliphatic hydroxyl groups is 1. The summed E-state index contributed by atoms with van der Waals surface area (Å²) in [6.07, 6.45) is 3.26. The van der Waals surface area contributed by atoms with Crippen molar-refractivity contribution in [3.05, 3.63) is 52.4 Å². The van der Waals surface area contributed by atoms with Crippen LogP contribution in [0.25, 0.3) is 0 Å². The topological polar surface area (TPSA) is 49.2 Å².